The molecule has 0 radical (unpaired) electrons. The van der Waals surface area contributed by atoms with Crippen molar-refractivity contribution in [2.24, 2.45) is 22.4 Å². The molecular weight excluding hydrogens is 563 g/mol. The number of hydrazone groups is 1. The van der Waals surface area contributed by atoms with Gasteiger partial charge in [0.2, 0.25) is 5.91 Å². The van der Waals surface area contributed by atoms with Gasteiger partial charge in [0.1, 0.15) is 17.0 Å². The first-order chi connectivity index (χ1) is 16.9. The lowest BCUT2D eigenvalue weighted by molar-refractivity contribution is -0.137. The van der Waals surface area contributed by atoms with Gasteiger partial charge in [0, 0.05) is 22.6 Å². The molecule has 2 heterocycles. The first kappa shape index (κ1) is 25.3. The molecule has 2 fully saturated rings. The van der Waals surface area contributed by atoms with Crippen molar-refractivity contribution < 1.29 is 22.8 Å². The number of nitrogens with one attached hydrogen (secondary N) is 2. The van der Waals surface area contributed by atoms with Crippen molar-refractivity contribution in [1.29, 1.82) is 0 Å². The predicted molar refractivity (Wildman–Crippen MR) is 133 cm³/mol. The van der Waals surface area contributed by atoms with E-state index in [0.29, 0.717) is 16.1 Å². The third-order valence-electron chi connectivity index (χ3n) is 7.46. The summed E-state index contributed by atoms with van der Waals surface area (Å²) in [6, 6.07) is 2.77. The van der Waals surface area contributed by atoms with Gasteiger partial charge < -0.3 is 15.5 Å². The Bertz CT molecular complexity index is 1220. The van der Waals surface area contributed by atoms with Gasteiger partial charge >= 0.3 is 6.18 Å². The third-order valence-corrected chi connectivity index (χ3v) is 7.94. The topological polar surface area (TPSA) is 77.0 Å². The van der Waals surface area contributed by atoms with E-state index in [1.54, 1.807) is 11.8 Å². The Morgan fingerprint density at radius 3 is 2.67 bits per heavy atom. The van der Waals surface area contributed by atoms with Crippen molar-refractivity contribution >= 4 is 49.7 Å². The molecule has 0 unspecified atom stereocenters. The summed E-state index contributed by atoms with van der Waals surface area (Å²) in [6.07, 6.45) is -1.93. The number of amides is 2. The first-order valence-electron chi connectivity index (χ1n) is 11.6. The molecule has 1 saturated carbocycles. The number of benzene rings is 1. The smallest absolute Gasteiger partial charge is 0.323 e. The van der Waals surface area contributed by atoms with Crippen LogP contribution in [0.4, 0.5) is 18.9 Å². The fourth-order valence-corrected chi connectivity index (χ4v) is 6.29. The van der Waals surface area contributed by atoms with E-state index in [1.165, 1.54) is 5.01 Å². The van der Waals surface area contributed by atoms with Gasteiger partial charge in [0.15, 0.2) is 0 Å². The second-order valence-electron chi connectivity index (χ2n) is 9.57. The summed E-state index contributed by atoms with van der Waals surface area (Å²) in [5.74, 6) is 0.0397. The van der Waals surface area contributed by atoms with Gasteiger partial charge in [0.05, 0.1) is 16.3 Å². The van der Waals surface area contributed by atoms with E-state index in [4.69, 9.17) is 11.6 Å². The number of hydrogen-bond donors (Lipinski definition) is 2. The summed E-state index contributed by atoms with van der Waals surface area (Å²) in [5.41, 5.74) is 0.432. The van der Waals surface area contributed by atoms with E-state index in [9.17, 15) is 22.8 Å². The van der Waals surface area contributed by atoms with Crippen molar-refractivity contribution in [1.82, 2.24) is 15.2 Å². The number of carbonyl (C=O) groups excluding carboxylic acids is 2. The number of alkyl halides is 3. The highest BCUT2D eigenvalue weighted by atomic mass is 79.9. The Morgan fingerprint density at radius 1 is 1.36 bits per heavy atom. The van der Waals surface area contributed by atoms with Crippen molar-refractivity contribution in [3.8, 4) is 0 Å². The number of allylic oxidation sites excluding steroid dienone is 1. The fraction of sp³-hybridized carbons (Fsp3) is 0.458. The van der Waals surface area contributed by atoms with Crippen molar-refractivity contribution in [3.63, 3.8) is 0 Å². The highest BCUT2D eigenvalue weighted by molar-refractivity contribution is 9.18. The minimum absolute atomic E-state index is 0.0688. The van der Waals surface area contributed by atoms with Crippen LogP contribution in [-0.2, 0) is 15.8 Å². The molecule has 2 aliphatic heterocycles. The molecule has 5 rings (SSSR count). The minimum atomic E-state index is -4.54. The quantitative estimate of drug-likeness (QED) is 0.492. The Balaban J connectivity index is 1.46. The molecule has 12 heteroatoms. The molecule has 1 aromatic rings. The van der Waals surface area contributed by atoms with E-state index in [0.717, 1.165) is 56.2 Å². The van der Waals surface area contributed by atoms with Crippen LogP contribution in [0, 0.1) is 17.3 Å². The standard InChI is InChI=1S/C24H24BrClF3N5O2/c1-12(25)32-34-13(2)33(11-19(35)31-18-4-3-14(9-17(18)26)24(27,28)29)21-15-10-16(15)23(20(21)22(34)36)5-7-30-8-6-23/h3-4,9,15-16,30H,2,5-8,10-11H2,1H3,(H,31,35)/b32-12+/t15-,16+/m1/s1. The summed E-state index contributed by atoms with van der Waals surface area (Å²) in [7, 11) is 0. The summed E-state index contributed by atoms with van der Waals surface area (Å²) in [5, 5.41) is 11.3. The zero-order valence-corrected chi connectivity index (χ0v) is 21.7. The molecule has 7 nitrogen and oxygen atoms in total. The van der Waals surface area contributed by atoms with Gasteiger partial charge in [-0.05, 0) is 79.3 Å². The third kappa shape index (κ3) is 4.14. The van der Waals surface area contributed by atoms with Gasteiger partial charge in [-0.2, -0.15) is 23.3 Å². The van der Waals surface area contributed by atoms with Crippen LogP contribution in [0.5, 0.6) is 0 Å². The number of carbonyl (C=O) groups is 2. The number of anilines is 1. The lowest BCUT2D eigenvalue weighted by atomic mass is 9.70. The van der Waals surface area contributed by atoms with Crippen LogP contribution >= 0.6 is 27.5 Å². The van der Waals surface area contributed by atoms with E-state index >= 15 is 0 Å². The molecule has 192 valence electrons. The summed E-state index contributed by atoms with van der Waals surface area (Å²) in [4.78, 5) is 28.5. The normalized spacial score (nSPS) is 25.3. The molecule has 1 saturated heterocycles. The Hall–Kier alpha value is -2.37. The van der Waals surface area contributed by atoms with E-state index in [1.807, 2.05) is 0 Å². The Morgan fingerprint density at radius 2 is 2.06 bits per heavy atom. The van der Waals surface area contributed by atoms with Gasteiger partial charge in [-0.15, -0.1) is 0 Å². The van der Waals surface area contributed by atoms with Crippen LogP contribution in [0.3, 0.4) is 0 Å². The average molecular weight is 587 g/mol. The molecule has 2 aliphatic carbocycles. The number of hydrogen-bond acceptors (Lipinski definition) is 5. The maximum absolute atomic E-state index is 13.7. The van der Waals surface area contributed by atoms with Crippen molar-refractivity contribution in [2.45, 2.75) is 32.4 Å². The van der Waals surface area contributed by atoms with E-state index in [-0.39, 0.29) is 40.3 Å². The molecule has 36 heavy (non-hydrogen) atoms. The largest absolute Gasteiger partial charge is 0.416 e. The fourth-order valence-electron chi connectivity index (χ4n) is 5.91. The van der Waals surface area contributed by atoms with Crippen LogP contribution in [-0.4, -0.2) is 46.0 Å². The molecule has 2 atom stereocenters. The number of rotatable bonds is 4. The second kappa shape index (κ2) is 8.88. The van der Waals surface area contributed by atoms with E-state index in [2.05, 4.69) is 38.2 Å². The summed E-state index contributed by atoms with van der Waals surface area (Å²) < 4.78 is 39.4. The summed E-state index contributed by atoms with van der Waals surface area (Å²) >= 11 is 9.31. The maximum atomic E-state index is 13.7. The molecule has 2 amide bonds. The van der Waals surface area contributed by atoms with E-state index < -0.39 is 17.6 Å². The highest BCUT2D eigenvalue weighted by Gasteiger charge is 2.67. The highest BCUT2D eigenvalue weighted by Crippen LogP contribution is 2.69. The molecule has 0 bridgehead atoms. The SMILES string of the molecule is C=C1N(CC(=O)Nc2ccc(C(F)(F)F)cc2Cl)C2=C(C(=O)N1/N=C(\C)Br)C1(CCNCC1)[C@H]1C[C@@H]21. The van der Waals surface area contributed by atoms with Gasteiger partial charge in [0.25, 0.3) is 5.91 Å². The minimum Gasteiger partial charge on any atom is -0.323 e. The molecule has 0 aromatic heterocycles. The first-order valence-corrected chi connectivity index (χ1v) is 12.7. The van der Waals surface area contributed by atoms with Crippen molar-refractivity contribution in [3.05, 3.63) is 52.5 Å². The van der Waals surface area contributed by atoms with Gasteiger partial charge in [-0.25, -0.2) is 0 Å². The monoisotopic (exact) mass is 585 g/mol. The Labute approximate surface area is 219 Å². The lowest BCUT2D eigenvalue weighted by Crippen LogP contribution is -2.49. The van der Waals surface area contributed by atoms with Crippen molar-refractivity contribution in [2.75, 3.05) is 25.0 Å². The number of piperidine rings is 1. The number of nitrogens with zero attached hydrogens (tertiary/aromatic N) is 3. The van der Waals surface area contributed by atoms with Gasteiger partial charge in [-0.1, -0.05) is 18.2 Å². The second-order valence-corrected chi connectivity index (χ2v) is 11.1. The molecular formula is C24H24BrClF3N5O2. The molecule has 1 aromatic carbocycles. The predicted octanol–water partition coefficient (Wildman–Crippen LogP) is 4.91. The zero-order valence-electron chi connectivity index (χ0n) is 19.4. The van der Waals surface area contributed by atoms with Crippen LogP contribution in [0.25, 0.3) is 0 Å². The number of halogens is 5. The van der Waals surface area contributed by atoms with Crippen LogP contribution in [0.2, 0.25) is 5.02 Å². The maximum Gasteiger partial charge on any atom is 0.416 e. The average Bonchev–Trinajstić information content (AvgIpc) is 3.56. The molecule has 1 spiro atoms. The molecule has 2 N–H and O–H groups in total. The molecule has 4 aliphatic rings. The number of fused-ring (bicyclic) bond motifs is 4. The lowest BCUT2D eigenvalue weighted by Gasteiger charge is -2.43. The zero-order chi connectivity index (χ0) is 26.0. The summed E-state index contributed by atoms with van der Waals surface area (Å²) in [6.45, 7) is 7.19. The Kier molecular flexibility index (Phi) is 6.24. The van der Waals surface area contributed by atoms with Crippen LogP contribution in [0.15, 0.2) is 47.0 Å². The van der Waals surface area contributed by atoms with Crippen LogP contribution < -0.4 is 10.6 Å². The van der Waals surface area contributed by atoms with Gasteiger partial charge in [-0.3, -0.25) is 9.59 Å². The van der Waals surface area contributed by atoms with Crippen LogP contribution in [0.1, 0.15) is 31.7 Å².